The lowest BCUT2D eigenvalue weighted by molar-refractivity contribution is -0.0565. The molecule has 4 rings (SSSR count). The third-order valence-electron chi connectivity index (χ3n) is 4.86. The summed E-state index contributed by atoms with van der Waals surface area (Å²) in [6.07, 6.45) is -3.58. The largest absolute Gasteiger partial charge is 0.459 e. The molecule has 4 atom stereocenters. The van der Waals surface area contributed by atoms with E-state index < -0.39 is 36.1 Å². The average Bonchev–Trinajstić information content (AvgIpc) is 3.27. The van der Waals surface area contributed by atoms with Crippen molar-refractivity contribution in [1.29, 1.82) is 0 Å². The Labute approximate surface area is 169 Å². The fourth-order valence-electron chi connectivity index (χ4n) is 3.34. The van der Waals surface area contributed by atoms with E-state index in [1.165, 1.54) is 10.9 Å². The van der Waals surface area contributed by atoms with Gasteiger partial charge in [0.05, 0.1) is 11.9 Å². The second kappa shape index (κ2) is 7.74. The zero-order chi connectivity index (χ0) is 21.4. The fraction of sp³-hybridized carbons (Fsp3) is 0.333. The molecule has 0 radical (unpaired) electrons. The number of anilines is 2. The van der Waals surface area contributed by atoms with Gasteiger partial charge in [-0.15, -0.1) is 0 Å². The molecular weight excluding hydrogens is 396 g/mol. The molecule has 0 saturated carbocycles. The molecule has 0 amide bonds. The molecule has 1 aromatic carbocycles. The third kappa shape index (κ3) is 3.36. The van der Waals surface area contributed by atoms with Gasteiger partial charge in [0.1, 0.15) is 24.9 Å². The van der Waals surface area contributed by atoms with Gasteiger partial charge in [-0.25, -0.2) is 9.78 Å². The highest BCUT2D eigenvalue weighted by atomic mass is 16.6. The van der Waals surface area contributed by atoms with E-state index in [2.05, 4.69) is 20.3 Å². The van der Waals surface area contributed by atoms with Gasteiger partial charge in [0, 0.05) is 12.7 Å². The first-order valence-corrected chi connectivity index (χ1v) is 9.08. The number of nitrogens with two attached hydrogens (primary N) is 1. The maximum atomic E-state index is 12.4. The first-order chi connectivity index (χ1) is 14.4. The van der Waals surface area contributed by atoms with E-state index in [0.717, 1.165) is 0 Å². The number of hydrogen-bond donors (Lipinski definition) is 5. The molecule has 1 aliphatic rings. The lowest BCUT2D eigenvalue weighted by atomic mass is 10.1. The van der Waals surface area contributed by atoms with E-state index in [1.807, 2.05) is 0 Å². The highest BCUT2D eigenvalue weighted by molar-refractivity contribution is 5.95. The smallest absolute Gasteiger partial charge is 0.340 e. The van der Waals surface area contributed by atoms with Crippen molar-refractivity contribution in [3.05, 3.63) is 46.5 Å². The second-order valence-corrected chi connectivity index (χ2v) is 6.72. The van der Waals surface area contributed by atoms with Gasteiger partial charge in [-0.2, -0.15) is 4.98 Å². The van der Waals surface area contributed by atoms with Gasteiger partial charge >= 0.3 is 5.97 Å². The molecule has 0 bridgehead atoms. The van der Waals surface area contributed by atoms with Crippen molar-refractivity contribution in [2.75, 3.05) is 24.7 Å². The summed E-state index contributed by atoms with van der Waals surface area (Å²) in [5.74, 6) is -0.737. The Morgan fingerprint density at radius 2 is 2.13 bits per heavy atom. The van der Waals surface area contributed by atoms with Crippen molar-refractivity contribution in [2.24, 2.45) is 0 Å². The van der Waals surface area contributed by atoms with Crippen LogP contribution < -0.4 is 16.6 Å². The molecule has 12 heteroatoms. The quantitative estimate of drug-likeness (QED) is 0.331. The molecule has 1 aliphatic heterocycles. The molecule has 158 valence electrons. The van der Waals surface area contributed by atoms with Crippen molar-refractivity contribution in [3.8, 4) is 0 Å². The number of aromatic amines is 1. The number of H-pyrrole nitrogens is 1. The number of ether oxygens (including phenoxy) is 2. The van der Waals surface area contributed by atoms with Gasteiger partial charge in [0.25, 0.3) is 5.56 Å². The first kappa shape index (κ1) is 19.8. The molecule has 0 spiro atoms. The van der Waals surface area contributed by atoms with Gasteiger partial charge in [0.15, 0.2) is 17.4 Å². The minimum atomic E-state index is -1.38. The van der Waals surface area contributed by atoms with E-state index in [4.69, 9.17) is 15.2 Å². The summed E-state index contributed by atoms with van der Waals surface area (Å²) >= 11 is 0. The lowest BCUT2D eigenvalue weighted by Gasteiger charge is -2.16. The molecule has 1 fully saturated rings. The number of aliphatic hydroxyl groups is 2. The predicted octanol–water partition coefficient (Wildman–Crippen LogP) is -0.780. The van der Waals surface area contributed by atoms with Gasteiger partial charge in [-0.3, -0.25) is 14.3 Å². The normalized spacial score (nSPS) is 23.6. The zero-order valence-electron chi connectivity index (χ0n) is 15.8. The van der Waals surface area contributed by atoms with Crippen LogP contribution in [0.5, 0.6) is 0 Å². The number of benzene rings is 1. The Balaban J connectivity index is 1.51. The number of hydrogen-bond acceptors (Lipinski definition) is 10. The van der Waals surface area contributed by atoms with Gasteiger partial charge in [-0.05, 0) is 12.1 Å². The minimum absolute atomic E-state index is 0.00744. The summed E-state index contributed by atoms with van der Waals surface area (Å²) in [6.45, 7) is -0.297. The number of nitrogens with zero attached hydrogens (tertiary/aromatic N) is 3. The number of carbonyl (C=O) groups excluding carboxylic acids is 1. The molecule has 2 aromatic heterocycles. The zero-order valence-corrected chi connectivity index (χ0v) is 15.8. The monoisotopic (exact) mass is 416 g/mol. The number of fused-ring (bicyclic) bond motifs is 1. The van der Waals surface area contributed by atoms with Crippen LogP contribution in [0.4, 0.5) is 11.6 Å². The van der Waals surface area contributed by atoms with E-state index in [0.29, 0.717) is 11.3 Å². The molecule has 6 N–H and O–H groups in total. The van der Waals surface area contributed by atoms with Gasteiger partial charge < -0.3 is 30.7 Å². The number of aliphatic hydroxyl groups excluding tert-OH is 2. The topological polar surface area (TPSA) is 178 Å². The van der Waals surface area contributed by atoms with Crippen LogP contribution in [-0.2, 0) is 9.47 Å². The first-order valence-electron chi connectivity index (χ1n) is 9.08. The summed E-state index contributed by atoms with van der Waals surface area (Å²) < 4.78 is 12.3. The standard InChI is InChI=1S/C18H20N6O6/c1-20-9-5-3-2-4-8(9)17(28)29-6-10-12(25)13(26)16(30-10)24-7-21-11-14(24)22-18(19)23-15(11)27/h2-5,7,10,12-13,16,20,25-26H,6H2,1H3,(H3,19,22,23,27)/t10-,12-,13-,16-/m1/s1. The number of rotatable bonds is 5. The summed E-state index contributed by atoms with van der Waals surface area (Å²) in [5.41, 5.74) is 6.05. The molecule has 12 nitrogen and oxygen atoms in total. The van der Waals surface area contributed by atoms with Crippen molar-refractivity contribution < 1.29 is 24.5 Å². The highest BCUT2D eigenvalue weighted by Gasteiger charge is 2.45. The van der Waals surface area contributed by atoms with E-state index in [9.17, 15) is 19.8 Å². The number of para-hydroxylation sites is 1. The number of aromatic nitrogens is 4. The van der Waals surface area contributed by atoms with Crippen molar-refractivity contribution in [2.45, 2.75) is 24.5 Å². The van der Waals surface area contributed by atoms with Crippen LogP contribution in [0.1, 0.15) is 16.6 Å². The van der Waals surface area contributed by atoms with Crippen LogP contribution in [0, 0.1) is 0 Å². The van der Waals surface area contributed by atoms with Crippen LogP contribution >= 0.6 is 0 Å². The Kier molecular flexibility index (Phi) is 5.11. The van der Waals surface area contributed by atoms with Crippen molar-refractivity contribution in [3.63, 3.8) is 0 Å². The number of nitrogens with one attached hydrogen (secondary N) is 2. The lowest BCUT2D eigenvalue weighted by Crippen LogP contribution is -2.34. The predicted molar refractivity (Wildman–Crippen MR) is 105 cm³/mol. The number of nitrogen functional groups attached to an aromatic ring is 1. The minimum Gasteiger partial charge on any atom is -0.459 e. The summed E-state index contributed by atoms with van der Waals surface area (Å²) in [5, 5.41) is 23.7. The summed E-state index contributed by atoms with van der Waals surface area (Å²) in [7, 11) is 1.68. The average molecular weight is 416 g/mol. The van der Waals surface area contributed by atoms with Crippen LogP contribution in [-0.4, -0.2) is 67.7 Å². The summed E-state index contributed by atoms with van der Waals surface area (Å²) in [4.78, 5) is 34.6. The Morgan fingerprint density at radius 3 is 2.90 bits per heavy atom. The maximum absolute atomic E-state index is 12.4. The number of esters is 1. The van der Waals surface area contributed by atoms with Gasteiger partial charge in [-0.1, -0.05) is 12.1 Å². The fourth-order valence-corrected chi connectivity index (χ4v) is 3.34. The summed E-state index contributed by atoms with van der Waals surface area (Å²) in [6, 6.07) is 6.79. The van der Waals surface area contributed by atoms with E-state index in [1.54, 1.807) is 31.3 Å². The van der Waals surface area contributed by atoms with Crippen molar-refractivity contribution in [1.82, 2.24) is 19.5 Å². The molecule has 0 unspecified atom stereocenters. The Morgan fingerprint density at radius 1 is 1.37 bits per heavy atom. The van der Waals surface area contributed by atoms with Gasteiger partial charge in [0.2, 0.25) is 5.95 Å². The van der Waals surface area contributed by atoms with Crippen molar-refractivity contribution >= 4 is 28.8 Å². The van der Waals surface area contributed by atoms with Crippen LogP contribution in [0.25, 0.3) is 11.2 Å². The maximum Gasteiger partial charge on any atom is 0.340 e. The van der Waals surface area contributed by atoms with Crippen LogP contribution in [0.3, 0.4) is 0 Å². The number of carbonyl (C=O) groups is 1. The molecule has 0 aliphatic carbocycles. The van der Waals surface area contributed by atoms with Crippen LogP contribution in [0.2, 0.25) is 0 Å². The molecule has 30 heavy (non-hydrogen) atoms. The highest BCUT2D eigenvalue weighted by Crippen LogP contribution is 2.31. The van der Waals surface area contributed by atoms with E-state index in [-0.39, 0.29) is 23.7 Å². The number of imidazole rings is 1. The van der Waals surface area contributed by atoms with Crippen LogP contribution in [0.15, 0.2) is 35.4 Å². The molecular formula is C18H20N6O6. The molecule has 3 aromatic rings. The Bertz CT molecular complexity index is 1140. The molecule has 3 heterocycles. The molecule has 1 saturated heterocycles. The SMILES string of the molecule is CNc1ccccc1C(=O)OC[C@H]1O[C@@H](n2cnc3c(=O)[nH]c(N)nc32)[C@H](O)[C@@H]1O. The Hall–Kier alpha value is -3.48. The third-order valence-corrected chi connectivity index (χ3v) is 4.86. The second-order valence-electron chi connectivity index (χ2n) is 6.72. The van der Waals surface area contributed by atoms with E-state index >= 15 is 0 Å².